The van der Waals surface area contributed by atoms with Gasteiger partial charge in [-0.15, -0.1) is 0 Å². The lowest BCUT2D eigenvalue weighted by Gasteiger charge is -2.30. The molecule has 152 valence electrons. The summed E-state index contributed by atoms with van der Waals surface area (Å²) in [6.07, 6.45) is -3.63. The quantitative estimate of drug-likeness (QED) is 0.771. The number of hydrogen-bond acceptors (Lipinski definition) is 3. The van der Waals surface area contributed by atoms with Crippen LogP contribution < -0.4 is 9.62 Å². The van der Waals surface area contributed by atoms with E-state index in [1.54, 1.807) is 32.0 Å². The SMILES string of the molecule is CC[C@H](C(=O)Nc1ccccc1C(F)(F)F)N(c1cccc(C)c1)S(C)(=O)=O. The largest absolute Gasteiger partial charge is 0.418 e. The van der Waals surface area contributed by atoms with Crippen molar-refractivity contribution in [2.45, 2.75) is 32.5 Å². The van der Waals surface area contributed by atoms with Gasteiger partial charge in [0.15, 0.2) is 0 Å². The van der Waals surface area contributed by atoms with Crippen LogP contribution in [-0.2, 0) is 21.0 Å². The smallest absolute Gasteiger partial charge is 0.324 e. The van der Waals surface area contributed by atoms with Crippen molar-refractivity contribution < 1.29 is 26.4 Å². The van der Waals surface area contributed by atoms with Gasteiger partial charge in [0, 0.05) is 0 Å². The number of halogens is 3. The normalized spacial score (nSPS) is 13.1. The van der Waals surface area contributed by atoms with E-state index in [2.05, 4.69) is 5.32 Å². The van der Waals surface area contributed by atoms with E-state index in [1.807, 2.05) is 0 Å². The van der Waals surface area contributed by atoms with Crippen LogP contribution in [0.2, 0.25) is 0 Å². The van der Waals surface area contributed by atoms with Crippen molar-refractivity contribution in [3.63, 3.8) is 0 Å². The van der Waals surface area contributed by atoms with Crippen molar-refractivity contribution in [1.82, 2.24) is 0 Å². The molecule has 28 heavy (non-hydrogen) atoms. The molecule has 5 nitrogen and oxygen atoms in total. The standard InChI is InChI=1S/C19H21F3N2O3S/c1-4-17(24(28(3,26)27)14-9-7-8-13(2)12-14)18(25)23-16-11-6-5-10-15(16)19(20,21)22/h5-12,17H,4H2,1-3H3,(H,23,25)/t17-/m1/s1. The maximum atomic E-state index is 13.2. The van der Waals surface area contributed by atoms with Crippen molar-refractivity contribution >= 4 is 27.3 Å². The second-order valence-corrected chi connectivity index (χ2v) is 8.21. The molecule has 0 aliphatic heterocycles. The van der Waals surface area contributed by atoms with E-state index in [1.165, 1.54) is 18.2 Å². The van der Waals surface area contributed by atoms with Crippen molar-refractivity contribution in [3.05, 3.63) is 59.7 Å². The predicted octanol–water partition coefficient (Wildman–Crippen LogP) is 4.20. The topological polar surface area (TPSA) is 66.5 Å². The third-order valence-electron chi connectivity index (χ3n) is 4.08. The molecule has 2 aromatic carbocycles. The number of amides is 1. The second kappa shape index (κ2) is 8.22. The molecule has 0 aromatic heterocycles. The second-order valence-electron chi connectivity index (χ2n) is 6.35. The van der Waals surface area contributed by atoms with E-state index >= 15 is 0 Å². The van der Waals surface area contributed by atoms with E-state index in [4.69, 9.17) is 0 Å². The molecule has 0 unspecified atom stereocenters. The predicted molar refractivity (Wildman–Crippen MR) is 103 cm³/mol. The Morgan fingerprint density at radius 1 is 1.14 bits per heavy atom. The molecule has 0 aliphatic carbocycles. The van der Waals surface area contributed by atoms with Gasteiger partial charge in [0.05, 0.1) is 23.2 Å². The van der Waals surface area contributed by atoms with E-state index in [0.717, 1.165) is 28.3 Å². The molecule has 1 N–H and O–H groups in total. The number of alkyl halides is 3. The summed E-state index contributed by atoms with van der Waals surface area (Å²) in [4.78, 5) is 12.8. The van der Waals surface area contributed by atoms with Crippen molar-refractivity contribution in [2.24, 2.45) is 0 Å². The zero-order valence-corrected chi connectivity index (χ0v) is 16.4. The Hall–Kier alpha value is -2.55. The van der Waals surface area contributed by atoms with E-state index in [0.29, 0.717) is 0 Å². The monoisotopic (exact) mass is 414 g/mol. The van der Waals surface area contributed by atoms with Gasteiger partial charge in [-0.05, 0) is 43.2 Å². The van der Waals surface area contributed by atoms with Gasteiger partial charge in [-0.1, -0.05) is 31.2 Å². The number of nitrogens with one attached hydrogen (secondary N) is 1. The van der Waals surface area contributed by atoms with Crippen LogP contribution in [0.1, 0.15) is 24.5 Å². The molecule has 0 saturated heterocycles. The highest BCUT2D eigenvalue weighted by Gasteiger charge is 2.36. The van der Waals surface area contributed by atoms with Gasteiger partial charge in [-0.25, -0.2) is 8.42 Å². The lowest BCUT2D eigenvalue weighted by molar-refractivity contribution is -0.137. The summed E-state index contributed by atoms with van der Waals surface area (Å²) in [5.74, 6) is -0.842. The zero-order valence-electron chi connectivity index (χ0n) is 15.6. The maximum absolute atomic E-state index is 13.2. The number of rotatable bonds is 6. The first kappa shape index (κ1) is 21.7. The summed E-state index contributed by atoms with van der Waals surface area (Å²) in [6, 6.07) is 9.89. The first-order valence-corrected chi connectivity index (χ1v) is 10.3. The summed E-state index contributed by atoms with van der Waals surface area (Å²) < 4.78 is 65.3. The average Bonchev–Trinajstić information content (AvgIpc) is 2.57. The third kappa shape index (κ3) is 5.03. The molecule has 0 bridgehead atoms. The highest BCUT2D eigenvalue weighted by Crippen LogP contribution is 2.35. The summed E-state index contributed by atoms with van der Waals surface area (Å²) >= 11 is 0. The minimum atomic E-state index is -4.65. The van der Waals surface area contributed by atoms with E-state index < -0.39 is 39.4 Å². The number of hydrogen-bond donors (Lipinski definition) is 1. The summed E-state index contributed by atoms with van der Waals surface area (Å²) in [7, 11) is -3.87. The molecule has 1 atom stereocenters. The molecule has 0 heterocycles. The van der Waals surface area contributed by atoms with Crippen LogP contribution in [0.3, 0.4) is 0 Å². The van der Waals surface area contributed by atoms with Crippen LogP contribution in [0.15, 0.2) is 48.5 Å². The molecule has 9 heteroatoms. The Bertz CT molecular complexity index is 959. The Morgan fingerprint density at radius 2 is 1.79 bits per heavy atom. The first-order chi connectivity index (χ1) is 12.9. The van der Waals surface area contributed by atoms with Gasteiger partial charge in [0.1, 0.15) is 6.04 Å². The number of carbonyl (C=O) groups excluding carboxylic acids is 1. The maximum Gasteiger partial charge on any atom is 0.418 e. The Morgan fingerprint density at radius 3 is 2.32 bits per heavy atom. The van der Waals surface area contributed by atoms with Crippen LogP contribution in [-0.4, -0.2) is 26.6 Å². The fourth-order valence-electron chi connectivity index (χ4n) is 2.88. The molecule has 0 fully saturated rings. The summed E-state index contributed by atoms with van der Waals surface area (Å²) in [5.41, 5.74) is -0.367. The highest BCUT2D eigenvalue weighted by atomic mass is 32.2. The van der Waals surface area contributed by atoms with Crippen molar-refractivity contribution in [2.75, 3.05) is 15.9 Å². The number of nitrogens with zero attached hydrogens (tertiary/aromatic N) is 1. The van der Waals surface area contributed by atoms with E-state index in [-0.39, 0.29) is 12.1 Å². The van der Waals surface area contributed by atoms with Gasteiger partial charge >= 0.3 is 6.18 Å². The van der Waals surface area contributed by atoms with Crippen LogP contribution in [0.4, 0.5) is 24.5 Å². The van der Waals surface area contributed by atoms with Gasteiger partial charge in [-0.2, -0.15) is 13.2 Å². The number of aryl methyl sites for hydroxylation is 1. The van der Waals surface area contributed by atoms with Crippen LogP contribution >= 0.6 is 0 Å². The molecule has 0 saturated carbocycles. The number of carbonyl (C=O) groups is 1. The number of sulfonamides is 1. The Kier molecular flexibility index (Phi) is 6.38. The zero-order chi connectivity index (χ0) is 21.1. The van der Waals surface area contributed by atoms with Crippen LogP contribution in [0.25, 0.3) is 0 Å². The van der Waals surface area contributed by atoms with Gasteiger partial charge < -0.3 is 5.32 Å². The molecule has 0 aliphatic rings. The summed E-state index contributed by atoms with van der Waals surface area (Å²) in [6.45, 7) is 3.36. The molecule has 0 spiro atoms. The fourth-order valence-corrected chi connectivity index (χ4v) is 4.08. The van der Waals surface area contributed by atoms with Crippen LogP contribution in [0.5, 0.6) is 0 Å². The molecular formula is C19H21F3N2O3S. The number of benzene rings is 2. The van der Waals surface area contributed by atoms with E-state index in [9.17, 15) is 26.4 Å². The lowest BCUT2D eigenvalue weighted by Crippen LogP contribution is -2.47. The first-order valence-electron chi connectivity index (χ1n) is 8.48. The molecule has 1 amide bonds. The molecule has 2 aromatic rings. The summed E-state index contributed by atoms with van der Waals surface area (Å²) in [5, 5.41) is 2.24. The highest BCUT2D eigenvalue weighted by molar-refractivity contribution is 7.92. The fraction of sp³-hybridized carbons (Fsp3) is 0.316. The van der Waals surface area contributed by atoms with Gasteiger partial charge in [-0.3, -0.25) is 9.10 Å². The molecule has 0 radical (unpaired) electrons. The van der Waals surface area contributed by atoms with Crippen LogP contribution in [0, 0.1) is 6.92 Å². The van der Waals surface area contributed by atoms with Crippen molar-refractivity contribution in [1.29, 1.82) is 0 Å². The Labute approximate surface area is 162 Å². The molecular weight excluding hydrogens is 393 g/mol. The van der Waals surface area contributed by atoms with Gasteiger partial charge in [0.25, 0.3) is 0 Å². The minimum Gasteiger partial charge on any atom is -0.324 e. The average molecular weight is 414 g/mol. The Balaban J connectivity index is 2.44. The number of anilines is 2. The number of para-hydroxylation sites is 1. The minimum absolute atomic E-state index is 0.0705. The van der Waals surface area contributed by atoms with Gasteiger partial charge in [0.2, 0.25) is 15.9 Å². The van der Waals surface area contributed by atoms with Crippen molar-refractivity contribution in [3.8, 4) is 0 Å². The molecule has 2 rings (SSSR count). The lowest BCUT2D eigenvalue weighted by atomic mass is 10.1. The third-order valence-corrected chi connectivity index (χ3v) is 5.26.